The molecule has 3 saturated heterocycles. The standard InChI is InChI=1S/C80H152N2O21/c1-4-6-8-10-12-14-16-18-20-22-24-26-27-28-29-30-31-32-33-34-36-38-40-42-44-46-48-50-52-54-67(90)82-61(62(87)53-51-49-47-45-43-41-39-37-35-25-23-21-19-17-15-13-11-9-7-5-2)59-98-77-72(94)71(93)74(66(58-85)100-77)101-78-73(95)76(70(92)65(57-84)99-78)103-80(79(96)97)55-63(88)68(81-60(3)86)75(102-80)69(91)64(89)56-83/h61-66,68-78,83-85,87-89,91-95H,4-59H2,1-3H3,(H,81,86)(H,82,90)(H,96,97). The summed E-state index contributed by atoms with van der Waals surface area (Å²) in [6.45, 7) is 2.28. The first-order chi connectivity index (χ1) is 49.9. The van der Waals surface area contributed by atoms with Gasteiger partial charge in [0.05, 0.1) is 50.7 Å². The van der Waals surface area contributed by atoms with Crippen LogP contribution in [0, 0.1) is 0 Å². The van der Waals surface area contributed by atoms with Gasteiger partial charge in [-0.1, -0.05) is 322 Å². The average Bonchev–Trinajstić information content (AvgIpc) is 0.755. The van der Waals surface area contributed by atoms with E-state index < -0.39 is 148 Å². The van der Waals surface area contributed by atoms with Gasteiger partial charge in [-0.05, 0) is 12.8 Å². The third kappa shape index (κ3) is 39.8. The Balaban J connectivity index is 1.48. The maximum absolute atomic E-state index is 13.6. The molecule has 0 aliphatic carbocycles. The Labute approximate surface area is 620 Å². The minimum atomic E-state index is -3.08. The Morgan fingerprint density at radius 2 is 0.845 bits per heavy atom. The molecule has 18 atom stereocenters. The van der Waals surface area contributed by atoms with E-state index in [1.165, 1.54) is 257 Å². The van der Waals surface area contributed by atoms with Crippen molar-refractivity contribution in [2.75, 3.05) is 26.4 Å². The molecule has 3 heterocycles. The number of aliphatic hydroxyl groups excluding tert-OH is 11. The smallest absolute Gasteiger partial charge is 0.364 e. The second kappa shape index (κ2) is 59.6. The van der Waals surface area contributed by atoms with Gasteiger partial charge in [0.25, 0.3) is 5.79 Å². The van der Waals surface area contributed by atoms with Crippen molar-refractivity contribution in [1.29, 1.82) is 0 Å². The lowest BCUT2D eigenvalue weighted by Crippen LogP contribution is -2.70. The van der Waals surface area contributed by atoms with Crippen molar-refractivity contribution in [1.82, 2.24) is 10.6 Å². The number of carboxylic acids is 1. The minimum absolute atomic E-state index is 0.230. The van der Waals surface area contributed by atoms with Crippen molar-refractivity contribution >= 4 is 17.8 Å². The molecule has 3 aliphatic rings. The molecule has 0 bridgehead atoms. The lowest BCUT2D eigenvalue weighted by Gasteiger charge is -2.50. The summed E-state index contributed by atoms with van der Waals surface area (Å²) in [6, 6.07) is -2.53. The molecule has 0 aromatic heterocycles. The zero-order valence-corrected chi connectivity index (χ0v) is 64.5. The van der Waals surface area contributed by atoms with E-state index in [2.05, 4.69) is 24.5 Å². The second-order valence-electron chi connectivity index (χ2n) is 30.7. The molecular formula is C80H152N2O21. The maximum atomic E-state index is 13.6. The SMILES string of the molecule is CCCCCCCCCCCCCCCCCCCCCCCCCCCCCCCC(=O)NC(COC1OC(CO)C(OC2OC(CO)C(O)C(OC3(C(=O)O)CC(O)C(NC(C)=O)C(C(O)C(O)CO)O3)C2O)C(O)C1O)C(O)CCCCCCCCCCCCCCCCCCCCCC. The average molecular weight is 1480 g/mol. The summed E-state index contributed by atoms with van der Waals surface area (Å²) in [5, 5.41) is 137. The van der Waals surface area contributed by atoms with Crippen LogP contribution in [0.15, 0.2) is 0 Å². The van der Waals surface area contributed by atoms with Gasteiger partial charge in [-0.2, -0.15) is 0 Å². The third-order valence-corrected chi connectivity index (χ3v) is 21.6. The van der Waals surface area contributed by atoms with Gasteiger partial charge in [0.1, 0.15) is 67.1 Å². The number of amides is 2. The third-order valence-electron chi connectivity index (χ3n) is 21.6. The van der Waals surface area contributed by atoms with Gasteiger partial charge in [0.15, 0.2) is 12.6 Å². The monoisotopic (exact) mass is 1480 g/mol. The predicted molar refractivity (Wildman–Crippen MR) is 399 cm³/mol. The summed E-state index contributed by atoms with van der Waals surface area (Å²) in [6.07, 6.45) is 33.9. The number of unbranched alkanes of at least 4 members (excludes halogenated alkanes) is 47. The Morgan fingerprint density at radius 1 is 0.466 bits per heavy atom. The summed E-state index contributed by atoms with van der Waals surface area (Å²) in [5.74, 6) is -6.09. The van der Waals surface area contributed by atoms with Crippen LogP contribution >= 0.6 is 0 Å². The van der Waals surface area contributed by atoms with Crippen molar-refractivity contribution in [2.24, 2.45) is 0 Å². The van der Waals surface area contributed by atoms with Crippen LogP contribution in [0.4, 0.5) is 0 Å². The zero-order valence-electron chi connectivity index (χ0n) is 64.5. The zero-order chi connectivity index (χ0) is 75.3. The number of rotatable bonds is 67. The number of ether oxygens (including phenoxy) is 6. The first-order valence-corrected chi connectivity index (χ1v) is 41.9. The number of carbonyl (C=O) groups excluding carboxylic acids is 2. The molecule has 3 aliphatic heterocycles. The van der Waals surface area contributed by atoms with Gasteiger partial charge in [0, 0.05) is 19.8 Å². The lowest BCUT2D eigenvalue weighted by molar-refractivity contribution is -0.386. The number of carbonyl (C=O) groups is 3. The molecule has 608 valence electrons. The summed E-state index contributed by atoms with van der Waals surface area (Å²) in [4.78, 5) is 38.7. The fraction of sp³-hybridized carbons (Fsp3) is 0.963. The predicted octanol–water partition coefficient (Wildman–Crippen LogP) is 11.6. The molecule has 0 saturated carbocycles. The van der Waals surface area contributed by atoms with Crippen molar-refractivity contribution in [3.8, 4) is 0 Å². The normalized spacial score (nSPS) is 26.4. The van der Waals surface area contributed by atoms with Gasteiger partial charge in [0.2, 0.25) is 11.8 Å². The number of aliphatic hydroxyl groups is 11. The van der Waals surface area contributed by atoms with Crippen molar-refractivity contribution < 1.29 is 104 Å². The first-order valence-electron chi connectivity index (χ1n) is 41.9. The second-order valence-corrected chi connectivity index (χ2v) is 30.7. The Morgan fingerprint density at radius 3 is 1.21 bits per heavy atom. The summed E-state index contributed by atoms with van der Waals surface area (Å²) >= 11 is 0. The van der Waals surface area contributed by atoms with Crippen molar-refractivity contribution in [3.63, 3.8) is 0 Å². The molecule has 3 rings (SSSR count). The molecule has 0 aromatic rings. The van der Waals surface area contributed by atoms with Crippen LogP contribution in [0.25, 0.3) is 0 Å². The van der Waals surface area contributed by atoms with Crippen LogP contribution in [0.5, 0.6) is 0 Å². The van der Waals surface area contributed by atoms with Gasteiger partial charge in [-0.3, -0.25) is 9.59 Å². The number of aliphatic carboxylic acids is 1. The van der Waals surface area contributed by atoms with E-state index in [9.17, 15) is 75.7 Å². The molecule has 0 aromatic carbocycles. The quantitative estimate of drug-likeness (QED) is 0.0252. The largest absolute Gasteiger partial charge is 0.477 e. The van der Waals surface area contributed by atoms with Crippen molar-refractivity contribution in [3.05, 3.63) is 0 Å². The number of nitrogens with one attached hydrogen (secondary N) is 2. The molecule has 18 unspecified atom stereocenters. The van der Waals surface area contributed by atoms with E-state index in [0.717, 1.165) is 51.9 Å². The first kappa shape index (κ1) is 94.9. The van der Waals surface area contributed by atoms with E-state index in [-0.39, 0.29) is 18.9 Å². The molecule has 3 fully saturated rings. The van der Waals surface area contributed by atoms with E-state index in [1.807, 2.05) is 0 Å². The van der Waals surface area contributed by atoms with E-state index in [4.69, 9.17) is 28.4 Å². The summed E-state index contributed by atoms with van der Waals surface area (Å²) < 4.78 is 35.0. The highest BCUT2D eigenvalue weighted by Gasteiger charge is 2.60. The van der Waals surface area contributed by atoms with E-state index in [0.29, 0.717) is 19.3 Å². The topological polar surface area (TPSA) is 373 Å². The molecule has 23 heteroatoms. The molecule has 2 amide bonds. The van der Waals surface area contributed by atoms with E-state index in [1.54, 1.807) is 0 Å². The Bertz CT molecular complexity index is 2050. The fourth-order valence-electron chi connectivity index (χ4n) is 15.0. The summed E-state index contributed by atoms with van der Waals surface area (Å²) in [7, 11) is 0. The van der Waals surface area contributed by atoms with Gasteiger partial charge >= 0.3 is 5.97 Å². The number of hydrogen-bond acceptors (Lipinski definition) is 20. The lowest BCUT2D eigenvalue weighted by atomic mass is 9.88. The van der Waals surface area contributed by atoms with Gasteiger partial charge < -0.3 is 100 Å². The molecule has 0 spiro atoms. The number of carboxylic acid groups (broad SMARTS) is 1. The molecule has 14 N–H and O–H groups in total. The molecular weight excluding hydrogens is 1320 g/mol. The van der Waals surface area contributed by atoms with Gasteiger partial charge in [-0.25, -0.2) is 4.79 Å². The Hall–Kier alpha value is -2.27. The van der Waals surface area contributed by atoms with E-state index >= 15 is 0 Å². The van der Waals surface area contributed by atoms with Crippen LogP contribution < -0.4 is 10.6 Å². The highest BCUT2D eigenvalue weighted by Crippen LogP contribution is 2.39. The minimum Gasteiger partial charge on any atom is -0.477 e. The van der Waals surface area contributed by atoms with Crippen LogP contribution in [0.2, 0.25) is 0 Å². The van der Waals surface area contributed by atoms with Gasteiger partial charge in [-0.15, -0.1) is 0 Å². The van der Waals surface area contributed by atoms with Crippen LogP contribution in [0.1, 0.15) is 355 Å². The highest BCUT2D eigenvalue weighted by molar-refractivity contribution is 5.77. The van der Waals surface area contributed by atoms with Crippen LogP contribution in [-0.2, 0) is 42.8 Å². The molecule has 23 nitrogen and oxygen atoms in total. The van der Waals surface area contributed by atoms with Crippen LogP contribution in [0.3, 0.4) is 0 Å². The summed E-state index contributed by atoms with van der Waals surface area (Å²) in [5.41, 5.74) is 0. The fourth-order valence-corrected chi connectivity index (χ4v) is 15.0. The van der Waals surface area contributed by atoms with Crippen molar-refractivity contribution in [2.45, 2.75) is 464 Å². The molecule has 103 heavy (non-hydrogen) atoms. The van der Waals surface area contributed by atoms with Crippen LogP contribution in [-0.4, -0.2) is 215 Å². The highest BCUT2D eigenvalue weighted by atomic mass is 16.8. The number of hydrogen-bond donors (Lipinski definition) is 14. The maximum Gasteiger partial charge on any atom is 0.364 e. The molecule has 0 radical (unpaired) electrons. The Kier molecular flexibility index (Phi) is 54.9.